The fourth-order valence-electron chi connectivity index (χ4n) is 2.19. The van der Waals surface area contributed by atoms with Gasteiger partial charge in [0, 0.05) is 13.0 Å². The lowest BCUT2D eigenvalue weighted by Crippen LogP contribution is -2.46. The molecule has 27 heavy (non-hydrogen) atoms. The minimum absolute atomic E-state index is 0.0821. The third-order valence-electron chi connectivity index (χ3n) is 3.48. The van der Waals surface area contributed by atoms with Crippen LogP contribution >= 0.6 is 0 Å². The van der Waals surface area contributed by atoms with Crippen molar-refractivity contribution in [3.05, 3.63) is 30.3 Å². The number of sulfonamides is 1. The van der Waals surface area contributed by atoms with Crippen molar-refractivity contribution >= 4 is 27.8 Å². The van der Waals surface area contributed by atoms with E-state index in [1.54, 1.807) is 18.2 Å². The van der Waals surface area contributed by atoms with Crippen LogP contribution in [-0.4, -0.2) is 50.4 Å². The standard InChI is InChI=1S/C17H25N3O6S/c1-12(2)10-14(17(23)24)20-16(22)11-18-15(21)8-9-19-27(25,26)13-6-4-3-5-7-13/h3-7,12,14,19H,8-11H2,1-2H3,(H,18,21)(H,20,22)(H,23,24)/t14-/m0/s1. The Morgan fingerprint density at radius 1 is 1.07 bits per heavy atom. The number of carbonyl (C=O) groups is 3. The first kappa shape index (κ1) is 22.6. The molecule has 1 atom stereocenters. The van der Waals surface area contributed by atoms with Crippen LogP contribution in [0.25, 0.3) is 0 Å². The number of carboxylic acid groups (broad SMARTS) is 1. The van der Waals surface area contributed by atoms with E-state index in [1.807, 2.05) is 13.8 Å². The number of amides is 2. The van der Waals surface area contributed by atoms with E-state index in [1.165, 1.54) is 12.1 Å². The van der Waals surface area contributed by atoms with Crippen molar-refractivity contribution in [1.29, 1.82) is 0 Å². The van der Waals surface area contributed by atoms with Gasteiger partial charge in [-0.1, -0.05) is 32.0 Å². The van der Waals surface area contributed by atoms with E-state index in [4.69, 9.17) is 5.11 Å². The van der Waals surface area contributed by atoms with Gasteiger partial charge < -0.3 is 15.7 Å². The Kier molecular flexibility index (Phi) is 8.89. The van der Waals surface area contributed by atoms with Crippen LogP contribution in [0.15, 0.2) is 35.2 Å². The molecular weight excluding hydrogens is 374 g/mol. The Morgan fingerprint density at radius 2 is 1.70 bits per heavy atom. The molecule has 0 unspecified atom stereocenters. The van der Waals surface area contributed by atoms with Crippen LogP contribution in [0, 0.1) is 5.92 Å². The van der Waals surface area contributed by atoms with Gasteiger partial charge in [-0.05, 0) is 24.5 Å². The quantitative estimate of drug-likeness (QED) is 0.415. The Hall–Kier alpha value is -2.46. The van der Waals surface area contributed by atoms with Crippen molar-refractivity contribution in [3.8, 4) is 0 Å². The molecule has 0 radical (unpaired) electrons. The van der Waals surface area contributed by atoms with Gasteiger partial charge in [-0.25, -0.2) is 17.9 Å². The second-order valence-electron chi connectivity index (χ2n) is 6.33. The summed E-state index contributed by atoms with van der Waals surface area (Å²) in [5.41, 5.74) is 0. The molecule has 0 saturated carbocycles. The number of hydrogen-bond acceptors (Lipinski definition) is 5. The predicted molar refractivity (Wildman–Crippen MR) is 98.3 cm³/mol. The Morgan fingerprint density at radius 3 is 2.26 bits per heavy atom. The summed E-state index contributed by atoms with van der Waals surface area (Å²) in [5.74, 6) is -2.21. The molecule has 0 aliphatic heterocycles. The number of aliphatic carboxylic acids is 1. The zero-order valence-electron chi connectivity index (χ0n) is 15.3. The summed E-state index contributed by atoms with van der Waals surface area (Å²) in [7, 11) is -3.70. The topological polar surface area (TPSA) is 142 Å². The smallest absolute Gasteiger partial charge is 0.326 e. The molecule has 0 aliphatic carbocycles. The highest BCUT2D eigenvalue weighted by molar-refractivity contribution is 7.89. The molecule has 9 nitrogen and oxygen atoms in total. The van der Waals surface area contributed by atoms with Gasteiger partial charge in [0.25, 0.3) is 0 Å². The maximum atomic E-state index is 12.0. The number of hydrogen-bond donors (Lipinski definition) is 4. The predicted octanol–water partition coefficient (Wildman–Crippen LogP) is 0.0867. The first-order chi connectivity index (χ1) is 12.6. The lowest BCUT2D eigenvalue weighted by molar-refractivity contribution is -0.142. The molecular formula is C17H25N3O6S. The minimum atomic E-state index is -3.70. The summed E-state index contributed by atoms with van der Waals surface area (Å²) >= 11 is 0. The Labute approximate surface area is 158 Å². The maximum Gasteiger partial charge on any atom is 0.326 e. The molecule has 2 amide bonds. The van der Waals surface area contributed by atoms with Gasteiger partial charge in [-0.2, -0.15) is 0 Å². The Balaban J connectivity index is 2.36. The number of nitrogens with one attached hydrogen (secondary N) is 3. The molecule has 0 aromatic heterocycles. The molecule has 0 bridgehead atoms. The third kappa shape index (κ3) is 8.65. The molecule has 0 fully saturated rings. The highest BCUT2D eigenvalue weighted by atomic mass is 32.2. The summed E-state index contributed by atoms with van der Waals surface area (Å²) < 4.78 is 26.3. The van der Waals surface area contributed by atoms with Gasteiger partial charge in [0.1, 0.15) is 6.04 Å². The van der Waals surface area contributed by atoms with Crippen LogP contribution in [0.5, 0.6) is 0 Å². The van der Waals surface area contributed by atoms with E-state index in [-0.39, 0.29) is 36.7 Å². The molecule has 0 spiro atoms. The van der Waals surface area contributed by atoms with E-state index in [0.29, 0.717) is 0 Å². The molecule has 10 heteroatoms. The first-order valence-corrected chi connectivity index (χ1v) is 9.93. The second kappa shape index (κ2) is 10.6. The fraction of sp³-hybridized carbons (Fsp3) is 0.471. The van der Waals surface area contributed by atoms with Gasteiger partial charge in [0.15, 0.2) is 0 Å². The van der Waals surface area contributed by atoms with Gasteiger partial charge in [-0.3, -0.25) is 9.59 Å². The van der Waals surface area contributed by atoms with E-state index >= 15 is 0 Å². The Bertz CT molecular complexity index is 749. The highest BCUT2D eigenvalue weighted by Crippen LogP contribution is 2.07. The molecule has 4 N–H and O–H groups in total. The summed E-state index contributed by atoms with van der Waals surface area (Å²) in [4.78, 5) is 34.7. The summed E-state index contributed by atoms with van der Waals surface area (Å²) in [6.45, 7) is 3.16. The average molecular weight is 399 g/mol. The van der Waals surface area contributed by atoms with Crippen LogP contribution < -0.4 is 15.4 Å². The SMILES string of the molecule is CC(C)C[C@H](NC(=O)CNC(=O)CCNS(=O)(=O)c1ccccc1)C(=O)O. The van der Waals surface area contributed by atoms with Gasteiger partial charge in [0.05, 0.1) is 11.4 Å². The molecule has 0 aliphatic rings. The van der Waals surface area contributed by atoms with Crippen molar-refractivity contribution in [2.45, 2.75) is 37.6 Å². The van der Waals surface area contributed by atoms with Gasteiger partial charge in [0.2, 0.25) is 21.8 Å². The summed E-state index contributed by atoms with van der Waals surface area (Å²) in [6.07, 6.45) is 0.115. The number of carbonyl (C=O) groups excluding carboxylic acids is 2. The van der Waals surface area contributed by atoms with Crippen LogP contribution in [0.1, 0.15) is 26.7 Å². The molecule has 1 aromatic carbocycles. The fourth-order valence-corrected chi connectivity index (χ4v) is 3.24. The molecule has 1 aromatic rings. The maximum absolute atomic E-state index is 12.0. The highest BCUT2D eigenvalue weighted by Gasteiger charge is 2.21. The average Bonchev–Trinajstić information content (AvgIpc) is 2.59. The van der Waals surface area contributed by atoms with Crippen molar-refractivity contribution in [2.24, 2.45) is 5.92 Å². The van der Waals surface area contributed by atoms with Crippen molar-refractivity contribution in [2.75, 3.05) is 13.1 Å². The van der Waals surface area contributed by atoms with Crippen molar-refractivity contribution in [1.82, 2.24) is 15.4 Å². The monoisotopic (exact) mass is 399 g/mol. The molecule has 0 saturated heterocycles. The van der Waals surface area contributed by atoms with Crippen LogP contribution in [0.4, 0.5) is 0 Å². The molecule has 0 heterocycles. The van der Waals surface area contributed by atoms with E-state index < -0.39 is 33.8 Å². The third-order valence-corrected chi connectivity index (χ3v) is 4.96. The first-order valence-electron chi connectivity index (χ1n) is 8.45. The second-order valence-corrected chi connectivity index (χ2v) is 8.09. The summed E-state index contributed by atoms with van der Waals surface area (Å²) in [6, 6.07) is 6.71. The normalized spacial score (nSPS) is 12.4. The molecule has 150 valence electrons. The largest absolute Gasteiger partial charge is 0.480 e. The van der Waals surface area contributed by atoms with Gasteiger partial charge in [-0.15, -0.1) is 0 Å². The van der Waals surface area contributed by atoms with Crippen LogP contribution in [-0.2, 0) is 24.4 Å². The van der Waals surface area contributed by atoms with E-state index in [0.717, 1.165) is 0 Å². The lowest BCUT2D eigenvalue weighted by Gasteiger charge is -2.16. The number of carboxylic acids is 1. The zero-order valence-corrected chi connectivity index (χ0v) is 16.1. The lowest BCUT2D eigenvalue weighted by atomic mass is 10.0. The molecule has 1 rings (SSSR count). The number of rotatable bonds is 11. The van der Waals surface area contributed by atoms with Crippen LogP contribution in [0.3, 0.4) is 0 Å². The van der Waals surface area contributed by atoms with E-state index in [2.05, 4.69) is 15.4 Å². The summed E-state index contributed by atoms with van der Waals surface area (Å²) in [5, 5.41) is 13.7. The zero-order chi connectivity index (χ0) is 20.4. The van der Waals surface area contributed by atoms with Crippen molar-refractivity contribution < 1.29 is 27.9 Å². The minimum Gasteiger partial charge on any atom is -0.480 e. The van der Waals surface area contributed by atoms with Crippen LogP contribution in [0.2, 0.25) is 0 Å². The van der Waals surface area contributed by atoms with E-state index in [9.17, 15) is 22.8 Å². The number of benzene rings is 1. The van der Waals surface area contributed by atoms with Gasteiger partial charge >= 0.3 is 5.97 Å². The van der Waals surface area contributed by atoms with Crippen molar-refractivity contribution in [3.63, 3.8) is 0 Å².